The van der Waals surface area contributed by atoms with Crippen LogP contribution in [0.5, 0.6) is 0 Å². The van der Waals surface area contributed by atoms with Crippen LogP contribution < -0.4 is 0 Å². The number of nitrogens with zero attached hydrogens (tertiary/aromatic N) is 4. The molecule has 0 saturated heterocycles. The van der Waals surface area contributed by atoms with Gasteiger partial charge in [0.25, 0.3) is 0 Å². The van der Waals surface area contributed by atoms with Gasteiger partial charge in [-0.05, 0) is 80.2 Å². The first-order valence-corrected chi connectivity index (χ1v) is 21.4. The van der Waals surface area contributed by atoms with Crippen LogP contribution in [0, 0.1) is 0 Å². The van der Waals surface area contributed by atoms with Gasteiger partial charge in [0, 0.05) is 33.0 Å². The predicted molar refractivity (Wildman–Crippen MR) is 257 cm³/mol. The van der Waals surface area contributed by atoms with Gasteiger partial charge < -0.3 is 0 Å². The van der Waals surface area contributed by atoms with E-state index in [1.165, 1.54) is 33.4 Å². The molecule has 2 aromatic heterocycles. The zero-order valence-electron chi connectivity index (χ0n) is 34.2. The molecule has 0 N–H and O–H groups in total. The third kappa shape index (κ3) is 6.07. The van der Waals surface area contributed by atoms with Crippen molar-refractivity contribution in [2.75, 3.05) is 0 Å². The molecule has 0 saturated carbocycles. The minimum absolute atomic E-state index is 0.486. The van der Waals surface area contributed by atoms with Gasteiger partial charge in [-0.15, -0.1) is 0 Å². The summed E-state index contributed by atoms with van der Waals surface area (Å²) >= 11 is 0. The minimum atomic E-state index is -0.486. The van der Waals surface area contributed by atoms with Crippen LogP contribution in [0.15, 0.2) is 231 Å². The molecule has 0 aliphatic heterocycles. The molecule has 0 fully saturated rings. The van der Waals surface area contributed by atoms with Gasteiger partial charge >= 0.3 is 0 Å². The first-order chi connectivity index (χ1) is 31.2. The molecule has 4 nitrogen and oxygen atoms in total. The minimum Gasteiger partial charge on any atom is -0.247 e. The summed E-state index contributed by atoms with van der Waals surface area (Å²) < 4.78 is 0. The highest BCUT2D eigenvalue weighted by Crippen LogP contribution is 2.56. The van der Waals surface area contributed by atoms with E-state index in [0.29, 0.717) is 17.5 Å². The smallest absolute Gasteiger partial charge is 0.164 e. The van der Waals surface area contributed by atoms with Gasteiger partial charge in [-0.3, -0.25) is 0 Å². The van der Waals surface area contributed by atoms with Crippen LogP contribution in [0.1, 0.15) is 22.3 Å². The lowest BCUT2D eigenvalue weighted by atomic mass is 9.67. The average molecular weight is 803 g/mol. The summed E-state index contributed by atoms with van der Waals surface area (Å²) in [6.07, 6.45) is 0. The van der Waals surface area contributed by atoms with Gasteiger partial charge in [-0.25, -0.2) is 19.9 Å². The van der Waals surface area contributed by atoms with Crippen molar-refractivity contribution in [1.82, 2.24) is 19.9 Å². The fraction of sp³-hybridized carbons (Fsp3) is 0.0169. The summed E-state index contributed by atoms with van der Waals surface area (Å²) in [4.78, 5) is 20.8. The molecule has 0 spiro atoms. The van der Waals surface area contributed by atoms with Crippen molar-refractivity contribution in [2.24, 2.45) is 0 Å². The molecule has 0 radical (unpaired) electrons. The highest BCUT2D eigenvalue weighted by Gasteiger charge is 2.46. The van der Waals surface area contributed by atoms with Crippen molar-refractivity contribution in [2.45, 2.75) is 5.41 Å². The summed E-state index contributed by atoms with van der Waals surface area (Å²) in [5.41, 5.74) is 14.7. The van der Waals surface area contributed by atoms with Crippen LogP contribution in [0.4, 0.5) is 0 Å². The van der Waals surface area contributed by atoms with Crippen LogP contribution in [0.3, 0.4) is 0 Å². The highest BCUT2D eigenvalue weighted by atomic mass is 15.0. The van der Waals surface area contributed by atoms with E-state index in [0.717, 1.165) is 60.8 Å². The molecule has 1 aliphatic carbocycles. The van der Waals surface area contributed by atoms with Gasteiger partial charge in [0.1, 0.15) is 0 Å². The maximum Gasteiger partial charge on any atom is 0.164 e. The molecule has 0 bridgehead atoms. The molecule has 0 unspecified atom stereocenters. The van der Waals surface area contributed by atoms with E-state index in [-0.39, 0.29) is 0 Å². The molecule has 2 heterocycles. The van der Waals surface area contributed by atoms with Gasteiger partial charge in [0.05, 0.1) is 16.6 Å². The molecule has 0 atom stereocenters. The summed E-state index contributed by atoms with van der Waals surface area (Å²) in [5, 5.41) is 3.38. The summed E-state index contributed by atoms with van der Waals surface area (Å²) in [6.45, 7) is 0. The summed E-state index contributed by atoms with van der Waals surface area (Å²) in [6, 6.07) is 81.8. The van der Waals surface area contributed by atoms with Crippen LogP contribution >= 0.6 is 0 Å². The number of para-hydroxylation sites is 1. The zero-order valence-corrected chi connectivity index (χ0v) is 34.2. The van der Waals surface area contributed by atoms with Gasteiger partial charge in [0.2, 0.25) is 0 Å². The number of hydrogen-bond acceptors (Lipinski definition) is 4. The van der Waals surface area contributed by atoms with Crippen molar-refractivity contribution in [3.8, 4) is 67.7 Å². The zero-order chi connectivity index (χ0) is 41.7. The molecule has 0 amide bonds. The Morgan fingerprint density at radius 3 is 1.40 bits per heavy atom. The second-order valence-corrected chi connectivity index (χ2v) is 16.1. The molecule has 63 heavy (non-hydrogen) atoms. The summed E-state index contributed by atoms with van der Waals surface area (Å²) in [7, 11) is 0. The first-order valence-electron chi connectivity index (χ1n) is 21.4. The third-order valence-corrected chi connectivity index (χ3v) is 12.6. The number of aromatic nitrogens is 4. The topological polar surface area (TPSA) is 51.6 Å². The molecule has 9 aromatic carbocycles. The number of hydrogen-bond donors (Lipinski definition) is 0. The van der Waals surface area contributed by atoms with Crippen LogP contribution in [0.25, 0.3) is 89.4 Å². The van der Waals surface area contributed by atoms with Crippen LogP contribution in [0.2, 0.25) is 0 Å². The second-order valence-electron chi connectivity index (χ2n) is 16.1. The molecular weight excluding hydrogens is 765 g/mol. The molecule has 294 valence electrons. The van der Waals surface area contributed by atoms with E-state index in [9.17, 15) is 0 Å². The Kier molecular flexibility index (Phi) is 8.68. The average Bonchev–Trinajstić information content (AvgIpc) is 3.67. The lowest BCUT2D eigenvalue weighted by Gasteiger charge is -2.33. The van der Waals surface area contributed by atoms with Crippen molar-refractivity contribution in [3.63, 3.8) is 0 Å². The van der Waals surface area contributed by atoms with Crippen molar-refractivity contribution in [1.29, 1.82) is 0 Å². The predicted octanol–water partition coefficient (Wildman–Crippen LogP) is 14.3. The highest BCUT2D eigenvalue weighted by molar-refractivity contribution is 6.11. The van der Waals surface area contributed by atoms with Gasteiger partial charge in [-0.2, -0.15) is 0 Å². The fourth-order valence-corrected chi connectivity index (χ4v) is 9.75. The van der Waals surface area contributed by atoms with Gasteiger partial charge in [0.15, 0.2) is 17.5 Å². The van der Waals surface area contributed by atoms with E-state index in [4.69, 9.17) is 19.9 Å². The monoisotopic (exact) mass is 802 g/mol. The SMILES string of the molecule is c1ccc(-c2nc(-c3ccccc3)nc(-c3cc(-c4ccc5c(c4)-c4ccccc4C5(c4ccccc4)c4ccccc4)cc(-c4nc5ccccc5c5ccccc45)c3)n2)cc1. The van der Waals surface area contributed by atoms with Crippen LogP contribution in [-0.4, -0.2) is 19.9 Å². The fourth-order valence-electron chi connectivity index (χ4n) is 9.75. The number of rotatable bonds is 7. The van der Waals surface area contributed by atoms with E-state index in [1.807, 2.05) is 60.7 Å². The van der Waals surface area contributed by atoms with Crippen molar-refractivity contribution >= 4 is 21.7 Å². The Labute approximate surface area is 365 Å². The molecule has 12 rings (SSSR count). The third-order valence-electron chi connectivity index (χ3n) is 12.6. The van der Waals surface area contributed by atoms with E-state index >= 15 is 0 Å². The maximum atomic E-state index is 5.39. The van der Waals surface area contributed by atoms with Crippen molar-refractivity contribution < 1.29 is 0 Å². The van der Waals surface area contributed by atoms with E-state index in [2.05, 4.69) is 170 Å². The quantitative estimate of drug-likeness (QED) is 0.151. The van der Waals surface area contributed by atoms with E-state index in [1.54, 1.807) is 0 Å². The normalized spacial score (nSPS) is 12.6. The Hall–Kier alpha value is -8.34. The van der Waals surface area contributed by atoms with Crippen LogP contribution in [-0.2, 0) is 5.41 Å². The molecule has 1 aliphatic rings. The second kappa shape index (κ2) is 15.0. The Bertz CT molecular complexity index is 3400. The first kappa shape index (κ1) is 36.5. The largest absolute Gasteiger partial charge is 0.247 e. The molecule has 11 aromatic rings. The number of fused-ring (bicyclic) bond motifs is 6. The molecule has 4 heteroatoms. The maximum absolute atomic E-state index is 5.39. The number of pyridine rings is 1. The Balaban J connectivity index is 1.12. The lowest BCUT2D eigenvalue weighted by molar-refractivity contribution is 0.768. The number of benzene rings is 9. The molecular formula is C59H38N4. The summed E-state index contributed by atoms with van der Waals surface area (Å²) in [5.74, 6) is 1.83. The lowest BCUT2D eigenvalue weighted by Crippen LogP contribution is -2.28. The Morgan fingerprint density at radius 2 is 0.746 bits per heavy atom. The Morgan fingerprint density at radius 1 is 0.270 bits per heavy atom. The van der Waals surface area contributed by atoms with E-state index < -0.39 is 5.41 Å². The van der Waals surface area contributed by atoms with Gasteiger partial charge in [-0.1, -0.05) is 200 Å². The standard InChI is InChI=1S/C59H38N4/c1-5-19-39(20-6-1)56-61-57(40-21-7-2-8-22-40)63-58(62-56)44-36-42(35-43(37-44)55-50-30-14-13-27-47(50)49-29-16-18-32-54(49)60-55)41-33-34-53-51(38-41)48-28-15-17-31-52(48)59(53,45-23-9-3-10-24-45)46-25-11-4-12-26-46/h1-38H. The van der Waals surface area contributed by atoms with Crippen molar-refractivity contribution in [3.05, 3.63) is 253 Å².